The molecule has 36 heavy (non-hydrogen) atoms. The molecule has 2 saturated heterocycles. The van der Waals surface area contributed by atoms with E-state index in [0.717, 1.165) is 16.8 Å². The fourth-order valence-corrected chi connectivity index (χ4v) is 5.19. The molecule has 0 aliphatic carbocycles. The summed E-state index contributed by atoms with van der Waals surface area (Å²) in [6.45, 7) is 5.43. The number of hydrogen-bond donors (Lipinski definition) is 2. The van der Waals surface area contributed by atoms with Gasteiger partial charge in [0.15, 0.2) is 5.65 Å². The molecule has 13 heteroatoms. The second kappa shape index (κ2) is 9.33. The molecule has 4 heterocycles. The van der Waals surface area contributed by atoms with Crippen LogP contribution in [0.25, 0.3) is 11.7 Å². The van der Waals surface area contributed by atoms with E-state index >= 15 is 0 Å². The first-order valence-electron chi connectivity index (χ1n) is 11.4. The SMILES string of the molecule is C=C1NC(=O)C/C1=C\c1cnn2c(Nc3ccccc3)nc(N3CCN(S(=O)(=O)N(C)C)CC3)nc12. The van der Waals surface area contributed by atoms with E-state index < -0.39 is 10.2 Å². The molecule has 5 rings (SSSR count). The lowest BCUT2D eigenvalue weighted by atomic mass is 10.1. The second-order valence-corrected chi connectivity index (χ2v) is 10.9. The number of aromatic nitrogens is 4. The Balaban J connectivity index is 1.52. The van der Waals surface area contributed by atoms with Gasteiger partial charge in [-0.05, 0) is 23.8 Å². The standard InChI is InChI=1S/C23H27N9O3S/c1-16-17(14-20(33)25-16)13-18-15-24-32-21(18)27-22(28-23(32)26-19-7-5-4-6-8-19)30-9-11-31(12-10-30)36(34,35)29(2)3/h4-8,13,15H,1,9-12,14H2,2-3H3,(H,25,33)(H,26,27,28)/b17-13+. The number of nitrogens with zero attached hydrogens (tertiary/aromatic N) is 7. The molecule has 12 nitrogen and oxygen atoms in total. The Morgan fingerprint density at radius 2 is 1.83 bits per heavy atom. The van der Waals surface area contributed by atoms with E-state index in [9.17, 15) is 13.2 Å². The molecule has 0 radical (unpaired) electrons. The van der Waals surface area contributed by atoms with Gasteiger partial charge in [-0.2, -0.15) is 36.6 Å². The van der Waals surface area contributed by atoms with E-state index in [1.165, 1.54) is 22.7 Å². The van der Waals surface area contributed by atoms with Gasteiger partial charge in [0.1, 0.15) is 0 Å². The van der Waals surface area contributed by atoms with Gasteiger partial charge >= 0.3 is 0 Å². The highest BCUT2D eigenvalue weighted by atomic mass is 32.2. The van der Waals surface area contributed by atoms with Gasteiger partial charge in [-0.1, -0.05) is 24.8 Å². The zero-order valence-electron chi connectivity index (χ0n) is 20.0. The largest absolute Gasteiger partial charge is 0.338 e. The Labute approximate surface area is 209 Å². The molecule has 0 atom stereocenters. The molecule has 2 fully saturated rings. The van der Waals surface area contributed by atoms with Crippen LogP contribution in [-0.2, 0) is 15.0 Å². The lowest BCUT2D eigenvalue weighted by Crippen LogP contribution is -2.52. The fraction of sp³-hybridized carbons (Fsp3) is 0.304. The monoisotopic (exact) mass is 509 g/mol. The van der Waals surface area contributed by atoms with Crippen LogP contribution in [0.4, 0.5) is 17.6 Å². The quantitative estimate of drug-likeness (QED) is 0.508. The molecule has 0 bridgehead atoms. The number of allylic oxidation sites excluding steroid dienone is 1. The number of nitrogens with one attached hydrogen (secondary N) is 2. The molecule has 2 aliphatic rings. The molecule has 1 amide bonds. The van der Waals surface area contributed by atoms with E-state index in [-0.39, 0.29) is 12.3 Å². The van der Waals surface area contributed by atoms with E-state index in [4.69, 9.17) is 9.97 Å². The number of hydrogen-bond acceptors (Lipinski definition) is 8. The summed E-state index contributed by atoms with van der Waals surface area (Å²) in [7, 11) is -0.435. The highest BCUT2D eigenvalue weighted by molar-refractivity contribution is 7.86. The van der Waals surface area contributed by atoms with E-state index in [0.29, 0.717) is 49.4 Å². The Morgan fingerprint density at radius 3 is 2.47 bits per heavy atom. The first kappa shape index (κ1) is 23.9. The van der Waals surface area contributed by atoms with Crippen molar-refractivity contribution in [1.82, 2.24) is 33.5 Å². The number of benzene rings is 1. The summed E-state index contributed by atoms with van der Waals surface area (Å²) < 4.78 is 29.3. The molecule has 0 unspecified atom stereocenters. The van der Waals surface area contributed by atoms with Gasteiger partial charge in [0.25, 0.3) is 10.2 Å². The van der Waals surface area contributed by atoms with Gasteiger partial charge in [-0.3, -0.25) is 4.79 Å². The third-order valence-corrected chi connectivity index (χ3v) is 8.02. The zero-order valence-corrected chi connectivity index (χ0v) is 20.9. The summed E-state index contributed by atoms with van der Waals surface area (Å²) in [5, 5.41) is 10.5. The zero-order chi connectivity index (χ0) is 25.4. The van der Waals surface area contributed by atoms with Crippen LogP contribution in [0.3, 0.4) is 0 Å². The molecule has 0 saturated carbocycles. The van der Waals surface area contributed by atoms with Crippen molar-refractivity contribution < 1.29 is 13.2 Å². The van der Waals surface area contributed by atoms with E-state index in [1.807, 2.05) is 41.3 Å². The number of amides is 1. The molecule has 3 aromatic rings. The molecule has 2 aliphatic heterocycles. The van der Waals surface area contributed by atoms with Gasteiger partial charge in [-0.25, -0.2) is 0 Å². The Kier molecular flexibility index (Phi) is 6.20. The molecule has 2 N–H and O–H groups in total. The van der Waals surface area contributed by atoms with E-state index in [1.54, 1.807) is 10.7 Å². The maximum Gasteiger partial charge on any atom is 0.281 e. The predicted octanol–water partition coefficient (Wildman–Crippen LogP) is 1.21. The number of para-hydroxylation sites is 1. The molecule has 2 aromatic heterocycles. The van der Waals surface area contributed by atoms with Crippen molar-refractivity contribution in [1.29, 1.82) is 0 Å². The minimum Gasteiger partial charge on any atom is -0.338 e. The van der Waals surface area contributed by atoms with Gasteiger partial charge in [-0.15, -0.1) is 0 Å². The maximum absolute atomic E-state index is 12.5. The molecular weight excluding hydrogens is 482 g/mol. The molecule has 0 spiro atoms. The lowest BCUT2D eigenvalue weighted by Gasteiger charge is -2.35. The van der Waals surface area contributed by atoms with Crippen molar-refractivity contribution in [3.8, 4) is 0 Å². The van der Waals surface area contributed by atoms with Crippen LogP contribution in [0.2, 0.25) is 0 Å². The predicted molar refractivity (Wildman–Crippen MR) is 137 cm³/mol. The smallest absolute Gasteiger partial charge is 0.281 e. The van der Waals surface area contributed by atoms with Crippen LogP contribution in [0.5, 0.6) is 0 Å². The van der Waals surface area contributed by atoms with Crippen molar-refractivity contribution in [3.63, 3.8) is 0 Å². The Hall–Kier alpha value is -3.81. The van der Waals surface area contributed by atoms with Crippen LogP contribution in [-0.4, -0.2) is 82.8 Å². The van der Waals surface area contributed by atoms with Crippen LogP contribution in [0, 0.1) is 0 Å². The van der Waals surface area contributed by atoms with E-state index in [2.05, 4.69) is 22.3 Å². The summed E-state index contributed by atoms with van der Waals surface area (Å²) >= 11 is 0. The number of carbonyl (C=O) groups is 1. The molecule has 1 aromatic carbocycles. The van der Waals surface area contributed by atoms with Crippen molar-refractivity contribution >= 4 is 45.4 Å². The Morgan fingerprint density at radius 1 is 1.11 bits per heavy atom. The van der Waals surface area contributed by atoms with Crippen molar-refractivity contribution in [2.24, 2.45) is 0 Å². The van der Waals surface area contributed by atoms with Gasteiger partial charge in [0.05, 0.1) is 12.6 Å². The first-order chi connectivity index (χ1) is 17.2. The summed E-state index contributed by atoms with van der Waals surface area (Å²) in [6.07, 6.45) is 3.77. The summed E-state index contributed by atoms with van der Waals surface area (Å²) in [6, 6.07) is 9.60. The highest BCUT2D eigenvalue weighted by Crippen LogP contribution is 2.26. The fourth-order valence-electron chi connectivity index (χ4n) is 4.11. The second-order valence-electron chi connectivity index (χ2n) is 8.72. The van der Waals surface area contributed by atoms with Crippen molar-refractivity contribution in [3.05, 3.63) is 59.9 Å². The highest BCUT2D eigenvalue weighted by Gasteiger charge is 2.30. The average Bonchev–Trinajstić information content (AvgIpc) is 3.41. The third-order valence-electron chi connectivity index (χ3n) is 6.08. The molecular formula is C23H27N9O3S. The van der Waals surface area contributed by atoms with Crippen molar-refractivity contribution in [2.75, 3.05) is 50.5 Å². The Bertz CT molecular complexity index is 1460. The van der Waals surface area contributed by atoms with Crippen LogP contribution in [0.15, 0.2) is 54.4 Å². The number of piperazine rings is 1. The summed E-state index contributed by atoms with van der Waals surface area (Å²) in [4.78, 5) is 23.3. The number of fused-ring (bicyclic) bond motifs is 1. The van der Waals surface area contributed by atoms with Gasteiger partial charge in [0, 0.05) is 57.2 Å². The number of carbonyl (C=O) groups excluding carboxylic acids is 1. The lowest BCUT2D eigenvalue weighted by molar-refractivity contribution is -0.118. The van der Waals surface area contributed by atoms with Gasteiger partial charge in [0.2, 0.25) is 17.8 Å². The average molecular weight is 510 g/mol. The normalized spacial score (nSPS) is 18.4. The maximum atomic E-state index is 12.5. The van der Waals surface area contributed by atoms with Crippen LogP contribution >= 0.6 is 0 Å². The van der Waals surface area contributed by atoms with Crippen LogP contribution in [0.1, 0.15) is 12.0 Å². The minimum absolute atomic E-state index is 0.102. The third kappa shape index (κ3) is 4.55. The first-order valence-corrected chi connectivity index (χ1v) is 12.8. The van der Waals surface area contributed by atoms with Crippen molar-refractivity contribution in [2.45, 2.75) is 6.42 Å². The number of rotatable bonds is 6. The van der Waals surface area contributed by atoms with Gasteiger partial charge < -0.3 is 15.5 Å². The molecule has 188 valence electrons. The summed E-state index contributed by atoms with van der Waals surface area (Å²) in [5.74, 6) is 0.825. The minimum atomic E-state index is -3.49. The summed E-state index contributed by atoms with van der Waals surface area (Å²) in [5.41, 5.74) is 3.45. The topological polar surface area (TPSA) is 128 Å². The number of anilines is 3. The van der Waals surface area contributed by atoms with Crippen LogP contribution < -0.4 is 15.5 Å².